The molecular formula is C19H15NO4. The second-order valence-electron chi connectivity index (χ2n) is 5.36. The third kappa shape index (κ3) is 2.44. The third-order valence-electron chi connectivity index (χ3n) is 3.87. The van der Waals surface area contributed by atoms with Crippen molar-refractivity contribution in [2.45, 2.75) is 6.92 Å². The molecule has 0 fully saturated rings. The molecule has 120 valence electrons. The topological polar surface area (TPSA) is 57.7 Å². The van der Waals surface area contributed by atoms with E-state index in [1.165, 1.54) is 0 Å². The largest absolute Gasteiger partial charge is 0.461 e. The average molecular weight is 321 g/mol. The maximum atomic E-state index is 12.2. The number of fused-ring (bicyclic) bond motifs is 2. The average Bonchev–Trinajstić information content (AvgIpc) is 3.07. The van der Waals surface area contributed by atoms with Gasteiger partial charge in [0.25, 0.3) is 0 Å². The van der Waals surface area contributed by atoms with Gasteiger partial charge in [-0.2, -0.15) is 0 Å². The van der Waals surface area contributed by atoms with Gasteiger partial charge < -0.3 is 14.2 Å². The number of esters is 1. The molecule has 1 aliphatic rings. The fourth-order valence-electron chi connectivity index (χ4n) is 2.78. The number of ether oxygens (including phenoxy) is 3. The van der Waals surface area contributed by atoms with Crippen molar-refractivity contribution in [2.75, 3.05) is 13.4 Å². The van der Waals surface area contributed by atoms with Crippen molar-refractivity contribution in [3.63, 3.8) is 0 Å². The molecule has 0 saturated carbocycles. The van der Waals surface area contributed by atoms with E-state index in [0.29, 0.717) is 23.6 Å². The quantitative estimate of drug-likeness (QED) is 0.687. The first-order chi connectivity index (χ1) is 11.8. The summed E-state index contributed by atoms with van der Waals surface area (Å²) in [5, 5.41) is 0.901. The lowest BCUT2D eigenvalue weighted by Gasteiger charge is -2.10. The Morgan fingerprint density at radius 2 is 1.88 bits per heavy atom. The molecule has 0 amide bonds. The van der Waals surface area contributed by atoms with Crippen LogP contribution in [0.2, 0.25) is 0 Å². The van der Waals surface area contributed by atoms with Crippen LogP contribution in [0.3, 0.4) is 0 Å². The fourth-order valence-corrected chi connectivity index (χ4v) is 2.78. The van der Waals surface area contributed by atoms with Crippen molar-refractivity contribution in [3.8, 4) is 22.6 Å². The van der Waals surface area contributed by atoms with Gasteiger partial charge in [0.05, 0.1) is 12.1 Å². The number of pyridine rings is 1. The molecule has 0 atom stereocenters. The van der Waals surface area contributed by atoms with Gasteiger partial charge in [-0.1, -0.05) is 30.3 Å². The van der Waals surface area contributed by atoms with Crippen LogP contribution in [0.15, 0.2) is 48.5 Å². The highest BCUT2D eigenvalue weighted by Gasteiger charge is 2.19. The molecule has 1 aliphatic heterocycles. The number of rotatable bonds is 3. The maximum Gasteiger partial charge on any atom is 0.356 e. The zero-order valence-electron chi connectivity index (χ0n) is 13.1. The van der Waals surface area contributed by atoms with E-state index in [0.717, 1.165) is 16.5 Å². The SMILES string of the molecule is CCOC(=O)c1cc(-c2ccccc2)c2cc3c(cc2n1)OCO3. The van der Waals surface area contributed by atoms with Crippen LogP contribution >= 0.6 is 0 Å². The molecule has 2 heterocycles. The van der Waals surface area contributed by atoms with E-state index in [4.69, 9.17) is 14.2 Å². The fraction of sp³-hybridized carbons (Fsp3) is 0.158. The zero-order valence-corrected chi connectivity index (χ0v) is 13.1. The lowest BCUT2D eigenvalue weighted by atomic mass is 9.99. The van der Waals surface area contributed by atoms with Gasteiger partial charge in [0, 0.05) is 11.5 Å². The number of carbonyl (C=O) groups excluding carboxylic acids is 1. The Morgan fingerprint density at radius 3 is 2.62 bits per heavy atom. The summed E-state index contributed by atoms with van der Waals surface area (Å²) >= 11 is 0. The van der Waals surface area contributed by atoms with Crippen LogP contribution in [-0.4, -0.2) is 24.4 Å². The Labute approximate surface area is 138 Å². The molecule has 5 nitrogen and oxygen atoms in total. The van der Waals surface area contributed by atoms with Gasteiger partial charge in [-0.05, 0) is 30.2 Å². The second-order valence-corrected chi connectivity index (χ2v) is 5.36. The Kier molecular flexibility index (Phi) is 3.54. The minimum Gasteiger partial charge on any atom is -0.461 e. The summed E-state index contributed by atoms with van der Waals surface area (Å²) in [6.07, 6.45) is 0. The maximum absolute atomic E-state index is 12.2. The summed E-state index contributed by atoms with van der Waals surface area (Å²) in [4.78, 5) is 16.6. The molecule has 24 heavy (non-hydrogen) atoms. The van der Waals surface area contributed by atoms with Gasteiger partial charge >= 0.3 is 5.97 Å². The van der Waals surface area contributed by atoms with Gasteiger partial charge in [0.2, 0.25) is 6.79 Å². The molecule has 0 spiro atoms. The van der Waals surface area contributed by atoms with Gasteiger partial charge in [-0.15, -0.1) is 0 Å². The van der Waals surface area contributed by atoms with E-state index >= 15 is 0 Å². The number of aromatic nitrogens is 1. The van der Waals surface area contributed by atoms with Crippen molar-refractivity contribution >= 4 is 16.9 Å². The minimum atomic E-state index is -0.436. The lowest BCUT2D eigenvalue weighted by Crippen LogP contribution is -2.07. The van der Waals surface area contributed by atoms with Crippen molar-refractivity contribution < 1.29 is 19.0 Å². The standard InChI is InChI=1S/C19H15NO4/c1-2-22-19(21)16-8-13(12-6-4-3-5-7-12)14-9-17-18(24-11-23-17)10-15(14)20-16/h3-10H,2,11H2,1H3. The van der Waals surface area contributed by atoms with E-state index in [1.54, 1.807) is 19.1 Å². The van der Waals surface area contributed by atoms with E-state index in [-0.39, 0.29) is 12.5 Å². The van der Waals surface area contributed by atoms with Crippen LogP contribution in [0.1, 0.15) is 17.4 Å². The van der Waals surface area contributed by atoms with Crippen LogP contribution in [0.25, 0.3) is 22.0 Å². The van der Waals surface area contributed by atoms with Crippen molar-refractivity contribution in [2.24, 2.45) is 0 Å². The summed E-state index contributed by atoms with van der Waals surface area (Å²) in [6.45, 7) is 2.27. The molecule has 0 unspecified atom stereocenters. The molecule has 0 N–H and O–H groups in total. The third-order valence-corrected chi connectivity index (χ3v) is 3.87. The molecule has 0 radical (unpaired) electrons. The van der Waals surface area contributed by atoms with E-state index in [2.05, 4.69) is 4.98 Å². The first-order valence-electron chi connectivity index (χ1n) is 7.73. The van der Waals surface area contributed by atoms with Crippen LogP contribution in [0.4, 0.5) is 0 Å². The first-order valence-corrected chi connectivity index (χ1v) is 7.73. The van der Waals surface area contributed by atoms with Gasteiger partial charge in [0.1, 0.15) is 5.69 Å². The molecule has 5 heteroatoms. The minimum absolute atomic E-state index is 0.192. The van der Waals surface area contributed by atoms with Gasteiger partial charge in [-0.25, -0.2) is 9.78 Å². The van der Waals surface area contributed by atoms with Crippen LogP contribution in [0.5, 0.6) is 11.5 Å². The van der Waals surface area contributed by atoms with E-state index in [9.17, 15) is 4.79 Å². The first kappa shape index (κ1) is 14.5. The summed E-state index contributed by atoms with van der Waals surface area (Å²) in [5.74, 6) is 0.884. The Morgan fingerprint density at radius 1 is 1.12 bits per heavy atom. The molecule has 0 saturated heterocycles. The molecule has 4 rings (SSSR count). The number of nitrogens with zero attached hydrogens (tertiary/aromatic N) is 1. The molecule has 0 aliphatic carbocycles. The van der Waals surface area contributed by atoms with Crippen molar-refractivity contribution in [3.05, 3.63) is 54.2 Å². The molecular weight excluding hydrogens is 306 g/mol. The number of hydrogen-bond acceptors (Lipinski definition) is 5. The van der Waals surface area contributed by atoms with Crippen LogP contribution in [0, 0.1) is 0 Å². The predicted octanol–water partition coefficient (Wildman–Crippen LogP) is 3.81. The summed E-state index contributed by atoms with van der Waals surface area (Å²) < 4.78 is 16.0. The molecule has 0 bridgehead atoms. The summed E-state index contributed by atoms with van der Waals surface area (Å²) in [5.41, 5.74) is 2.85. The second kappa shape index (κ2) is 5.85. The van der Waals surface area contributed by atoms with E-state index < -0.39 is 5.97 Å². The van der Waals surface area contributed by atoms with Crippen molar-refractivity contribution in [1.82, 2.24) is 4.98 Å². The van der Waals surface area contributed by atoms with Gasteiger partial charge in [0.15, 0.2) is 11.5 Å². The van der Waals surface area contributed by atoms with Crippen LogP contribution < -0.4 is 9.47 Å². The Hall–Kier alpha value is -3.08. The van der Waals surface area contributed by atoms with Crippen LogP contribution in [-0.2, 0) is 4.74 Å². The highest BCUT2D eigenvalue weighted by atomic mass is 16.7. The predicted molar refractivity (Wildman–Crippen MR) is 89.3 cm³/mol. The summed E-state index contributed by atoms with van der Waals surface area (Å²) in [6, 6.07) is 15.3. The molecule has 1 aromatic heterocycles. The van der Waals surface area contributed by atoms with Gasteiger partial charge in [-0.3, -0.25) is 0 Å². The molecule has 3 aromatic rings. The zero-order chi connectivity index (χ0) is 16.5. The number of benzene rings is 2. The van der Waals surface area contributed by atoms with E-state index in [1.807, 2.05) is 36.4 Å². The smallest absolute Gasteiger partial charge is 0.356 e. The Bertz CT molecular complexity index is 922. The molecule has 2 aromatic carbocycles. The highest BCUT2D eigenvalue weighted by molar-refractivity contribution is 6.01. The van der Waals surface area contributed by atoms with Crippen molar-refractivity contribution in [1.29, 1.82) is 0 Å². The number of carbonyl (C=O) groups is 1. The number of hydrogen-bond donors (Lipinski definition) is 0. The Balaban J connectivity index is 1.98. The lowest BCUT2D eigenvalue weighted by molar-refractivity contribution is 0.0520. The monoisotopic (exact) mass is 321 g/mol. The highest BCUT2D eigenvalue weighted by Crippen LogP contribution is 2.39. The summed E-state index contributed by atoms with van der Waals surface area (Å²) in [7, 11) is 0. The normalized spacial score (nSPS) is 12.4.